The molecular formula is C14H19NO2. The Balaban J connectivity index is 2.16. The van der Waals surface area contributed by atoms with Crippen molar-refractivity contribution in [2.75, 3.05) is 12.4 Å². The lowest BCUT2D eigenvalue weighted by molar-refractivity contribution is 0.0601. The van der Waals surface area contributed by atoms with Gasteiger partial charge in [-0.15, -0.1) is 0 Å². The third-order valence-corrected chi connectivity index (χ3v) is 3.37. The SMILES string of the molecule is COC(=O)c1ccc(C)c(NC(C)C2CC2)c1. The highest BCUT2D eigenvalue weighted by Crippen LogP contribution is 2.34. The molecule has 0 amide bonds. The average molecular weight is 233 g/mol. The van der Waals surface area contributed by atoms with Crippen molar-refractivity contribution in [1.29, 1.82) is 0 Å². The summed E-state index contributed by atoms with van der Waals surface area (Å²) < 4.78 is 4.73. The van der Waals surface area contributed by atoms with Gasteiger partial charge in [0.05, 0.1) is 12.7 Å². The molecule has 0 saturated heterocycles. The second-order valence-corrected chi connectivity index (χ2v) is 4.79. The summed E-state index contributed by atoms with van der Waals surface area (Å²) in [6.45, 7) is 4.24. The summed E-state index contributed by atoms with van der Waals surface area (Å²) >= 11 is 0. The number of carbonyl (C=O) groups excluding carboxylic acids is 1. The van der Waals surface area contributed by atoms with Crippen LogP contribution in [0.5, 0.6) is 0 Å². The zero-order valence-corrected chi connectivity index (χ0v) is 10.6. The monoisotopic (exact) mass is 233 g/mol. The maximum Gasteiger partial charge on any atom is 0.337 e. The van der Waals surface area contributed by atoms with Crippen molar-refractivity contribution in [3.8, 4) is 0 Å². The Morgan fingerprint density at radius 1 is 1.47 bits per heavy atom. The van der Waals surface area contributed by atoms with Gasteiger partial charge in [0.1, 0.15) is 0 Å². The number of hydrogen-bond donors (Lipinski definition) is 1. The van der Waals surface area contributed by atoms with Crippen LogP contribution in [0, 0.1) is 12.8 Å². The molecule has 0 aromatic heterocycles. The zero-order chi connectivity index (χ0) is 12.4. The van der Waals surface area contributed by atoms with Crippen molar-refractivity contribution < 1.29 is 9.53 Å². The third kappa shape index (κ3) is 2.78. The fraction of sp³-hybridized carbons (Fsp3) is 0.500. The third-order valence-electron chi connectivity index (χ3n) is 3.37. The summed E-state index contributed by atoms with van der Waals surface area (Å²) in [6.07, 6.45) is 2.62. The number of rotatable bonds is 4. The molecule has 1 saturated carbocycles. The van der Waals surface area contributed by atoms with Gasteiger partial charge in [-0.3, -0.25) is 0 Å². The Morgan fingerprint density at radius 2 is 2.18 bits per heavy atom. The van der Waals surface area contributed by atoms with Crippen LogP contribution in [0.1, 0.15) is 35.7 Å². The molecule has 17 heavy (non-hydrogen) atoms. The Hall–Kier alpha value is -1.51. The number of carbonyl (C=O) groups is 1. The highest BCUT2D eigenvalue weighted by atomic mass is 16.5. The number of nitrogens with one attached hydrogen (secondary N) is 1. The molecule has 3 nitrogen and oxygen atoms in total. The quantitative estimate of drug-likeness (QED) is 0.812. The number of benzene rings is 1. The van der Waals surface area contributed by atoms with Gasteiger partial charge in [0, 0.05) is 11.7 Å². The Kier molecular flexibility index (Phi) is 3.36. The van der Waals surface area contributed by atoms with Gasteiger partial charge in [-0.2, -0.15) is 0 Å². The van der Waals surface area contributed by atoms with Crippen molar-refractivity contribution in [3.63, 3.8) is 0 Å². The van der Waals surface area contributed by atoms with Gasteiger partial charge in [0.25, 0.3) is 0 Å². The molecule has 0 heterocycles. The van der Waals surface area contributed by atoms with Crippen LogP contribution in [-0.2, 0) is 4.74 Å². The fourth-order valence-corrected chi connectivity index (χ4v) is 1.98. The standard InChI is InChI=1S/C14H19NO2/c1-9-4-5-12(14(16)17-3)8-13(9)15-10(2)11-6-7-11/h4-5,8,10-11,15H,6-7H2,1-3H3. The van der Waals surface area contributed by atoms with Gasteiger partial charge in [-0.1, -0.05) is 6.07 Å². The van der Waals surface area contributed by atoms with Crippen molar-refractivity contribution in [2.24, 2.45) is 5.92 Å². The van der Waals surface area contributed by atoms with Crippen molar-refractivity contribution >= 4 is 11.7 Å². The highest BCUT2D eigenvalue weighted by Gasteiger charge is 2.28. The van der Waals surface area contributed by atoms with Gasteiger partial charge in [0.15, 0.2) is 0 Å². The lowest BCUT2D eigenvalue weighted by Crippen LogP contribution is -2.18. The first-order valence-electron chi connectivity index (χ1n) is 6.07. The molecule has 1 aliphatic carbocycles. The van der Waals surface area contributed by atoms with Crippen LogP contribution in [0.15, 0.2) is 18.2 Å². The first kappa shape index (κ1) is 12.0. The molecule has 0 bridgehead atoms. The van der Waals surface area contributed by atoms with E-state index in [9.17, 15) is 4.79 Å². The van der Waals surface area contributed by atoms with E-state index in [1.165, 1.54) is 20.0 Å². The summed E-state index contributed by atoms with van der Waals surface area (Å²) in [5.41, 5.74) is 2.79. The van der Waals surface area contributed by atoms with Crippen LogP contribution >= 0.6 is 0 Å². The number of anilines is 1. The normalized spacial score (nSPS) is 16.4. The van der Waals surface area contributed by atoms with Gasteiger partial charge in [-0.25, -0.2) is 4.79 Å². The number of aryl methyl sites for hydroxylation is 1. The Labute approximate surface area is 102 Å². The molecule has 92 valence electrons. The Morgan fingerprint density at radius 3 is 2.76 bits per heavy atom. The van der Waals surface area contributed by atoms with Crippen LogP contribution in [0.25, 0.3) is 0 Å². The molecule has 0 spiro atoms. The van der Waals surface area contributed by atoms with E-state index in [0.717, 1.165) is 17.2 Å². The predicted molar refractivity (Wildman–Crippen MR) is 68.3 cm³/mol. The molecular weight excluding hydrogens is 214 g/mol. The number of hydrogen-bond acceptors (Lipinski definition) is 3. The van der Waals surface area contributed by atoms with Gasteiger partial charge in [0.2, 0.25) is 0 Å². The number of methoxy groups -OCH3 is 1. The lowest BCUT2D eigenvalue weighted by atomic mass is 10.1. The summed E-state index contributed by atoms with van der Waals surface area (Å²) in [5.74, 6) is 0.503. The molecule has 1 unspecified atom stereocenters. The smallest absolute Gasteiger partial charge is 0.337 e. The summed E-state index contributed by atoms with van der Waals surface area (Å²) in [5, 5.41) is 3.48. The van der Waals surface area contributed by atoms with Crippen molar-refractivity contribution in [1.82, 2.24) is 0 Å². The largest absolute Gasteiger partial charge is 0.465 e. The van der Waals surface area contributed by atoms with E-state index in [2.05, 4.69) is 12.2 Å². The Bertz CT molecular complexity index is 424. The molecule has 1 aromatic carbocycles. The lowest BCUT2D eigenvalue weighted by Gasteiger charge is -2.17. The first-order valence-corrected chi connectivity index (χ1v) is 6.07. The molecule has 1 atom stereocenters. The van der Waals surface area contributed by atoms with E-state index in [1.54, 1.807) is 6.07 Å². The number of esters is 1. The molecule has 1 aliphatic rings. The van der Waals surface area contributed by atoms with Gasteiger partial charge >= 0.3 is 5.97 Å². The molecule has 3 heteroatoms. The van der Waals surface area contributed by atoms with E-state index in [-0.39, 0.29) is 5.97 Å². The van der Waals surface area contributed by atoms with E-state index in [4.69, 9.17) is 4.74 Å². The molecule has 1 aromatic rings. The predicted octanol–water partition coefficient (Wildman–Crippen LogP) is 2.99. The zero-order valence-electron chi connectivity index (χ0n) is 10.6. The van der Waals surface area contributed by atoms with Crippen molar-refractivity contribution in [3.05, 3.63) is 29.3 Å². The topological polar surface area (TPSA) is 38.3 Å². The minimum atomic E-state index is -0.285. The maximum absolute atomic E-state index is 11.5. The second kappa shape index (κ2) is 4.78. The second-order valence-electron chi connectivity index (χ2n) is 4.79. The minimum Gasteiger partial charge on any atom is -0.465 e. The highest BCUT2D eigenvalue weighted by molar-refractivity contribution is 5.90. The van der Waals surface area contributed by atoms with E-state index >= 15 is 0 Å². The molecule has 2 rings (SSSR count). The van der Waals surface area contributed by atoms with Crippen LogP contribution in [-0.4, -0.2) is 19.1 Å². The fourth-order valence-electron chi connectivity index (χ4n) is 1.98. The summed E-state index contributed by atoms with van der Waals surface area (Å²) in [7, 11) is 1.40. The van der Waals surface area contributed by atoms with Crippen LogP contribution in [0.3, 0.4) is 0 Å². The average Bonchev–Trinajstić information content (AvgIpc) is 3.14. The van der Waals surface area contributed by atoms with Crippen LogP contribution < -0.4 is 5.32 Å². The molecule has 1 fully saturated rings. The van der Waals surface area contributed by atoms with E-state index < -0.39 is 0 Å². The van der Waals surface area contributed by atoms with E-state index in [1.807, 2.05) is 19.1 Å². The van der Waals surface area contributed by atoms with Crippen LogP contribution in [0.2, 0.25) is 0 Å². The van der Waals surface area contributed by atoms with Crippen molar-refractivity contribution in [2.45, 2.75) is 32.7 Å². The maximum atomic E-state index is 11.5. The minimum absolute atomic E-state index is 0.285. The summed E-state index contributed by atoms with van der Waals surface area (Å²) in [4.78, 5) is 11.5. The van der Waals surface area contributed by atoms with Crippen LogP contribution in [0.4, 0.5) is 5.69 Å². The molecule has 0 radical (unpaired) electrons. The number of ether oxygens (including phenoxy) is 1. The first-order chi connectivity index (χ1) is 8.11. The molecule has 1 N–H and O–H groups in total. The molecule has 0 aliphatic heterocycles. The van der Waals surface area contributed by atoms with Gasteiger partial charge in [-0.05, 0) is 50.3 Å². The summed E-state index contributed by atoms with van der Waals surface area (Å²) in [6, 6.07) is 6.10. The van der Waals surface area contributed by atoms with E-state index in [0.29, 0.717) is 11.6 Å². The van der Waals surface area contributed by atoms with Gasteiger partial charge < -0.3 is 10.1 Å².